The fourth-order valence-corrected chi connectivity index (χ4v) is 1.16. The molecule has 0 aromatic heterocycles. The van der Waals surface area contributed by atoms with Crippen molar-refractivity contribution in [3.63, 3.8) is 0 Å². The maximum atomic E-state index is 9.17. The molecular formula is C7H11N2O+. The Kier molecular flexibility index (Phi) is 2.27. The number of nitrogens with zero attached hydrogens (tertiary/aromatic N) is 2. The summed E-state index contributed by atoms with van der Waals surface area (Å²) in [6.45, 7) is 0. The predicted octanol–water partition coefficient (Wildman–Crippen LogP) is 2.57. The van der Waals surface area contributed by atoms with Crippen LogP contribution in [-0.4, -0.2) is 5.11 Å². The van der Waals surface area contributed by atoms with Gasteiger partial charge in [0.1, 0.15) is 0 Å². The van der Waals surface area contributed by atoms with Crippen molar-refractivity contribution in [2.24, 2.45) is 0 Å². The number of aliphatic hydroxyl groups is 1. The third kappa shape index (κ3) is 1.47. The summed E-state index contributed by atoms with van der Waals surface area (Å²) in [7, 11) is 0. The Morgan fingerprint density at radius 2 is 1.90 bits per heavy atom. The fraction of sp³-hybridized carbons (Fsp3) is 0.714. The summed E-state index contributed by atoms with van der Waals surface area (Å²) in [5.74, 6) is 0.264. The molecule has 54 valence electrons. The summed E-state index contributed by atoms with van der Waals surface area (Å²) >= 11 is 0. The van der Waals surface area contributed by atoms with Crippen LogP contribution >= 0.6 is 0 Å². The topological polar surface area (TPSA) is 48.4 Å². The van der Waals surface area contributed by atoms with Gasteiger partial charge in [-0.05, 0) is 12.8 Å². The minimum absolute atomic E-state index is 0.264. The number of rotatable bonds is 0. The highest BCUT2D eigenvalue weighted by Crippen LogP contribution is 2.22. The van der Waals surface area contributed by atoms with Crippen LogP contribution in [0.1, 0.15) is 32.1 Å². The molecule has 0 aromatic carbocycles. The third-order valence-corrected chi connectivity index (χ3v) is 1.78. The molecule has 3 nitrogen and oxygen atoms in total. The lowest BCUT2D eigenvalue weighted by Crippen LogP contribution is -1.82. The van der Waals surface area contributed by atoms with Gasteiger partial charge >= 0.3 is 5.70 Å². The van der Waals surface area contributed by atoms with E-state index < -0.39 is 0 Å². The molecule has 0 spiro atoms. The predicted molar refractivity (Wildman–Crippen MR) is 37.8 cm³/mol. The molecule has 0 bridgehead atoms. The summed E-state index contributed by atoms with van der Waals surface area (Å²) in [5.41, 5.74) is 0.470. The van der Waals surface area contributed by atoms with Crippen LogP contribution in [0.25, 0.3) is 4.98 Å². The quantitative estimate of drug-likeness (QED) is 0.524. The van der Waals surface area contributed by atoms with Gasteiger partial charge in [-0.1, -0.05) is 6.42 Å². The van der Waals surface area contributed by atoms with E-state index >= 15 is 0 Å². The summed E-state index contributed by atoms with van der Waals surface area (Å²) < 4.78 is 0. The van der Waals surface area contributed by atoms with Gasteiger partial charge in [-0.3, -0.25) is 0 Å². The van der Waals surface area contributed by atoms with Gasteiger partial charge in [0.2, 0.25) is 5.39 Å². The zero-order chi connectivity index (χ0) is 7.40. The van der Waals surface area contributed by atoms with E-state index in [1.165, 1.54) is 0 Å². The minimum atomic E-state index is 0.264. The normalized spacial score (nSPS) is 19.9. The summed E-state index contributed by atoms with van der Waals surface area (Å²) in [5, 5.41) is 17.6. The zero-order valence-corrected chi connectivity index (χ0v) is 5.88. The largest absolute Gasteiger partial charge is 0.505 e. The van der Waals surface area contributed by atoms with E-state index in [4.69, 9.17) is 5.39 Å². The Hall–Kier alpha value is -1.04. The van der Waals surface area contributed by atoms with E-state index in [1.807, 2.05) is 0 Å². The Morgan fingerprint density at radius 3 is 2.60 bits per heavy atom. The van der Waals surface area contributed by atoms with Gasteiger partial charge in [-0.2, -0.15) is 0 Å². The molecule has 0 amide bonds. The molecule has 0 saturated carbocycles. The van der Waals surface area contributed by atoms with Crippen LogP contribution < -0.4 is 0 Å². The molecule has 0 saturated heterocycles. The van der Waals surface area contributed by atoms with E-state index in [0.717, 1.165) is 19.3 Å². The van der Waals surface area contributed by atoms with Crippen molar-refractivity contribution < 1.29 is 5.11 Å². The summed E-state index contributed by atoms with van der Waals surface area (Å²) in [6.07, 6.45) is 4.51. The maximum absolute atomic E-state index is 9.17. The van der Waals surface area contributed by atoms with Gasteiger partial charge in [0.05, 0.1) is 6.42 Å². The molecule has 1 rings (SSSR count). The van der Waals surface area contributed by atoms with Crippen LogP contribution in [0, 0.1) is 5.39 Å². The van der Waals surface area contributed by atoms with Crippen LogP contribution in [-0.2, 0) is 0 Å². The minimum Gasteiger partial charge on any atom is -0.505 e. The van der Waals surface area contributed by atoms with E-state index in [-0.39, 0.29) is 5.76 Å². The van der Waals surface area contributed by atoms with Gasteiger partial charge in [0.25, 0.3) is 0 Å². The molecule has 0 unspecified atom stereocenters. The van der Waals surface area contributed by atoms with Gasteiger partial charge in [0, 0.05) is 6.42 Å². The number of hydrogen-bond acceptors (Lipinski definition) is 2. The Morgan fingerprint density at radius 1 is 1.20 bits per heavy atom. The second kappa shape index (κ2) is 3.21. The van der Waals surface area contributed by atoms with Crippen molar-refractivity contribution in [2.75, 3.05) is 0 Å². The molecule has 0 aromatic rings. The van der Waals surface area contributed by atoms with Crippen LogP contribution in [0.5, 0.6) is 0 Å². The number of hydrogen-bond donors (Lipinski definition) is 1. The fourth-order valence-electron chi connectivity index (χ4n) is 1.16. The lowest BCUT2D eigenvalue weighted by atomic mass is 10.2. The first-order chi connectivity index (χ1) is 4.84. The highest BCUT2D eigenvalue weighted by molar-refractivity contribution is 5.14. The number of allylic oxidation sites excluding steroid dienone is 2. The SMILES string of the molecule is N#[N+]C1=C(O)CCCCC1. The molecule has 1 N–H and O–H groups in total. The van der Waals surface area contributed by atoms with E-state index in [2.05, 4.69) is 4.98 Å². The zero-order valence-electron chi connectivity index (χ0n) is 5.88. The summed E-state index contributed by atoms with van der Waals surface area (Å²) in [6, 6.07) is 0. The Labute approximate surface area is 60.0 Å². The molecule has 1 aliphatic carbocycles. The van der Waals surface area contributed by atoms with Crippen molar-refractivity contribution in [2.45, 2.75) is 32.1 Å². The van der Waals surface area contributed by atoms with Crippen molar-refractivity contribution >= 4 is 0 Å². The van der Waals surface area contributed by atoms with E-state index in [9.17, 15) is 5.11 Å². The maximum Gasteiger partial charge on any atom is 0.398 e. The monoisotopic (exact) mass is 139 g/mol. The van der Waals surface area contributed by atoms with Gasteiger partial charge < -0.3 is 5.11 Å². The second-order valence-corrected chi connectivity index (χ2v) is 2.55. The van der Waals surface area contributed by atoms with Crippen molar-refractivity contribution in [1.29, 1.82) is 5.39 Å². The van der Waals surface area contributed by atoms with Crippen LogP contribution in [0.4, 0.5) is 0 Å². The lowest BCUT2D eigenvalue weighted by Gasteiger charge is -1.88. The van der Waals surface area contributed by atoms with Crippen LogP contribution in [0.2, 0.25) is 0 Å². The standard InChI is InChI=1S/C7H10N2O/c8-9-6-4-2-1-3-5-7(6)10/h1-5H2/p+1. The Balaban J connectivity index is 2.70. The van der Waals surface area contributed by atoms with E-state index in [1.54, 1.807) is 0 Å². The van der Waals surface area contributed by atoms with Crippen LogP contribution in [0.3, 0.4) is 0 Å². The molecule has 1 aliphatic rings. The third-order valence-electron chi connectivity index (χ3n) is 1.78. The molecule has 0 heterocycles. The number of aliphatic hydroxyl groups excluding tert-OH is 1. The van der Waals surface area contributed by atoms with Crippen molar-refractivity contribution in [3.8, 4) is 0 Å². The molecule has 0 fully saturated rings. The van der Waals surface area contributed by atoms with E-state index in [0.29, 0.717) is 18.5 Å². The van der Waals surface area contributed by atoms with Gasteiger partial charge in [0.15, 0.2) is 10.7 Å². The summed E-state index contributed by atoms with van der Waals surface area (Å²) in [4.78, 5) is 3.02. The first-order valence-electron chi connectivity index (χ1n) is 3.60. The molecular weight excluding hydrogens is 128 g/mol. The average molecular weight is 139 g/mol. The molecule has 0 radical (unpaired) electrons. The molecule has 0 aliphatic heterocycles. The average Bonchev–Trinajstić information content (AvgIpc) is 2.13. The highest BCUT2D eigenvalue weighted by atomic mass is 16.3. The number of diazo groups is 1. The smallest absolute Gasteiger partial charge is 0.398 e. The molecule has 10 heavy (non-hydrogen) atoms. The molecule has 3 heteroatoms. The van der Waals surface area contributed by atoms with Crippen molar-refractivity contribution in [1.82, 2.24) is 0 Å². The first kappa shape index (κ1) is 7.07. The lowest BCUT2D eigenvalue weighted by molar-refractivity contribution is 0.381. The highest BCUT2D eigenvalue weighted by Gasteiger charge is 2.19. The van der Waals surface area contributed by atoms with Crippen LogP contribution in [0.15, 0.2) is 11.5 Å². The van der Waals surface area contributed by atoms with Crippen molar-refractivity contribution in [3.05, 3.63) is 16.4 Å². The van der Waals surface area contributed by atoms with Gasteiger partial charge in [-0.15, -0.1) is 0 Å². The molecule has 0 atom stereocenters. The van der Waals surface area contributed by atoms with Gasteiger partial charge in [-0.25, -0.2) is 0 Å². The Bertz CT molecular complexity index is 190. The second-order valence-electron chi connectivity index (χ2n) is 2.55. The first-order valence-corrected chi connectivity index (χ1v) is 3.60.